The van der Waals surface area contributed by atoms with E-state index in [1.165, 1.54) is 18.2 Å². The van der Waals surface area contributed by atoms with Gasteiger partial charge in [-0.05, 0) is 68.0 Å². The number of hydrogen-bond acceptors (Lipinski definition) is 3. The first kappa shape index (κ1) is 21.2. The molecule has 0 bridgehead atoms. The normalized spacial score (nSPS) is 17.0. The van der Waals surface area contributed by atoms with Gasteiger partial charge in [0.1, 0.15) is 5.82 Å². The Hall–Kier alpha value is -3.09. The van der Waals surface area contributed by atoms with Crippen LogP contribution in [0.15, 0.2) is 42.5 Å². The Morgan fingerprint density at radius 3 is 2.29 bits per heavy atom. The van der Waals surface area contributed by atoms with Gasteiger partial charge in [0.2, 0.25) is 0 Å². The van der Waals surface area contributed by atoms with Gasteiger partial charge in [0, 0.05) is 43.2 Å². The summed E-state index contributed by atoms with van der Waals surface area (Å²) in [5.74, 6) is 0.290. The smallest absolute Gasteiger partial charge is 0.323 e. The number of urea groups is 1. The monoisotopic (exact) mass is 424 g/mol. The Balaban J connectivity index is 1.55. The van der Waals surface area contributed by atoms with Gasteiger partial charge in [0.05, 0.1) is 5.56 Å². The summed E-state index contributed by atoms with van der Waals surface area (Å²) >= 11 is 0. The van der Waals surface area contributed by atoms with E-state index in [-0.39, 0.29) is 5.91 Å². The Kier molecular flexibility index (Phi) is 6.39. The topological polar surface area (TPSA) is 64.7 Å². The summed E-state index contributed by atoms with van der Waals surface area (Å²) < 4.78 is 13.4. The molecule has 2 N–H and O–H groups in total. The molecule has 0 saturated carbocycles. The standard InChI is InChI=1S/C24H29FN4O2/c1-17-9-13-28(14-10-17)22-8-7-20(16-21(22)23(30)29-11-2-3-12-29)27-24(31)26-19-6-4-5-18(25)15-19/h4-8,15-17H,2-3,9-14H2,1H3,(H2,26,27,31). The Morgan fingerprint density at radius 1 is 0.935 bits per heavy atom. The zero-order valence-corrected chi connectivity index (χ0v) is 17.9. The molecule has 4 rings (SSSR count). The molecule has 2 aromatic carbocycles. The molecule has 7 heteroatoms. The molecule has 3 amide bonds. The summed E-state index contributed by atoms with van der Waals surface area (Å²) in [5.41, 5.74) is 2.45. The predicted molar refractivity (Wildman–Crippen MR) is 121 cm³/mol. The molecule has 2 aliphatic rings. The lowest BCUT2D eigenvalue weighted by molar-refractivity contribution is 0.0793. The van der Waals surface area contributed by atoms with Crippen LogP contribution in [-0.2, 0) is 0 Å². The van der Waals surface area contributed by atoms with Gasteiger partial charge >= 0.3 is 6.03 Å². The molecule has 2 aromatic rings. The van der Waals surface area contributed by atoms with Gasteiger partial charge in [-0.15, -0.1) is 0 Å². The highest BCUT2D eigenvalue weighted by molar-refractivity contribution is 6.04. The quantitative estimate of drug-likeness (QED) is 0.731. The summed E-state index contributed by atoms with van der Waals surface area (Å²) in [4.78, 5) is 29.8. The molecule has 6 nitrogen and oxygen atoms in total. The number of carbonyl (C=O) groups excluding carboxylic acids is 2. The number of piperidine rings is 1. The lowest BCUT2D eigenvalue weighted by atomic mass is 9.97. The van der Waals surface area contributed by atoms with Crippen LogP contribution in [0.2, 0.25) is 0 Å². The van der Waals surface area contributed by atoms with E-state index in [1.54, 1.807) is 12.1 Å². The molecule has 31 heavy (non-hydrogen) atoms. The van der Waals surface area contributed by atoms with Crippen LogP contribution in [0.4, 0.5) is 26.2 Å². The highest BCUT2D eigenvalue weighted by Gasteiger charge is 2.26. The zero-order valence-electron chi connectivity index (χ0n) is 17.9. The van der Waals surface area contributed by atoms with Gasteiger partial charge in [-0.2, -0.15) is 0 Å². The number of amides is 3. The fourth-order valence-electron chi connectivity index (χ4n) is 4.26. The van der Waals surface area contributed by atoms with E-state index >= 15 is 0 Å². The molecule has 164 valence electrons. The molecule has 0 spiro atoms. The molecular weight excluding hydrogens is 395 g/mol. The van der Waals surface area contributed by atoms with Gasteiger partial charge in [0.15, 0.2) is 0 Å². The molecule has 2 fully saturated rings. The third-order valence-electron chi connectivity index (χ3n) is 6.08. The van der Waals surface area contributed by atoms with Crippen molar-refractivity contribution in [2.75, 3.05) is 41.7 Å². The predicted octanol–water partition coefficient (Wildman–Crippen LogP) is 4.94. The molecule has 0 radical (unpaired) electrons. The van der Waals surface area contributed by atoms with Crippen molar-refractivity contribution in [2.45, 2.75) is 32.6 Å². The fourth-order valence-corrected chi connectivity index (χ4v) is 4.26. The zero-order chi connectivity index (χ0) is 21.8. The first-order valence-electron chi connectivity index (χ1n) is 11.0. The van der Waals surface area contributed by atoms with E-state index in [9.17, 15) is 14.0 Å². The minimum Gasteiger partial charge on any atom is -0.371 e. The Bertz CT molecular complexity index is 950. The maximum Gasteiger partial charge on any atom is 0.323 e. The van der Waals surface area contributed by atoms with Crippen molar-refractivity contribution in [3.63, 3.8) is 0 Å². The number of carbonyl (C=O) groups is 2. The average Bonchev–Trinajstić information content (AvgIpc) is 3.29. The van der Waals surface area contributed by atoms with Gasteiger partial charge < -0.3 is 20.4 Å². The van der Waals surface area contributed by atoms with Crippen LogP contribution in [0.25, 0.3) is 0 Å². The number of rotatable bonds is 4. The fraction of sp³-hybridized carbons (Fsp3) is 0.417. The van der Waals surface area contributed by atoms with Crippen LogP contribution >= 0.6 is 0 Å². The molecule has 2 aliphatic heterocycles. The minimum atomic E-state index is -0.482. The summed E-state index contributed by atoms with van der Waals surface area (Å²) in [6, 6.07) is 10.7. The van der Waals surface area contributed by atoms with Crippen LogP contribution in [0.3, 0.4) is 0 Å². The highest BCUT2D eigenvalue weighted by Crippen LogP contribution is 2.30. The van der Waals surface area contributed by atoms with Crippen molar-refractivity contribution in [3.05, 3.63) is 53.8 Å². The van der Waals surface area contributed by atoms with Gasteiger partial charge in [0.25, 0.3) is 5.91 Å². The van der Waals surface area contributed by atoms with Crippen molar-refractivity contribution in [3.8, 4) is 0 Å². The second-order valence-electron chi connectivity index (χ2n) is 8.49. The number of nitrogens with one attached hydrogen (secondary N) is 2. The van der Waals surface area contributed by atoms with E-state index in [0.29, 0.717) is 22.9 Å². The van der Waals surface area contributed by atoms with E-state index < -0.39 is 11.8 Å². The first-order valence-corrected chi connectivity index (χ1v) is 11.0. The molecular formula is C24H29FN4O2. The largest absolute Gasteiger partial charge is 0.371 e. The lowest BCUT2D eigenvalue weighted by Gasteiger charge is -2.34. The molecule has 0 aliphatic carbocycles. The number of anilines is 3. The average molecular weight is 425 g/mol. The Morgan fingerprint density at radius 2 is 1.61 bits per heavy atom. The van der Waals surface area contributed by atoms with Gasteiger partial charge in [-0.3, -0.25) is 4.79 Å². The van der Waals surface area contributed by atoms with Crippen LogP contribution in [0.5, 0.6) is 0 Å². The molecule has 0 atom stereocenters. The number of hydrogen-bond donors (Lipinski definition) is 2. The summed E-state index contributed by atoms with van der Waals surface area (Å²) in [5, 5.41) is 5.39. The van der Waals surface area contributed by atoms with Crippen LogP contribution in [-0.4, -0.2) is 43.0 Å². The van der Waals surface area contributed by atoms with E-state index in [4.69, 9.17) is 0 Å². The van der Waals surface area contributed by atoms with Gasteiger partial charge in [-0.1, -0.05) is 13.0 Å². The summed E-state index contributed by atoms with van der Waals surface area (Å²) in [6.07, 6.45) is 4.26. The molecule has 2 saturated heterocycles. The third-order valence-corrected chi connectivity index (χ3v) is 6.08. The molecule has 0 unspecified atom stereocenters. The number of halogens is 1. The second kappa shape index (κ2) is 9.37. The van der Waals surface area contributed by atoms with Crippen LogP contribution in [0, 0.1) is 11.7 Å². The number of likely N-dealkylation sites (tertiary alicyclic amines) is 1. The van der Waals surface area contributed by atoms with E-state index in [0.717, 1.165) is 57.5 Å². The maximum absolute atomic E-state index is 13.4. The van der Waals surface area contributed by atoms with Crippen molar-refractivity contribution < 1.29 is 14.0 Å². The van der Waals surface area contributed by atoms with Crippen molar-refractivity contribution in [2.24, 2.45) is 5.92 Å². The van der Waals surface area contributed by atoms with Crippen molar-refractivity contribution in [1.82, 2.24) is 4.90 Å². The molecule has 2 heterocycles. The first-order chi connectivity index (χ1) is 15.0. The Labute approximate surface area is 182 Å². The van der Waals surface area contributed by atoms with Crippen LogP contribution < -0.4 is 15.5 Å². The van der Waals surface area contributed by atoms with Crippen molar-refractivity contribution in [1.29, 1.82) is 0 Å². The van der Waals surface area contributed by atoms with E-state index in [2.05, 4.69) is 22.5 Å². The van der Waals surface area contributed by atoms with Gasteiger partial charge in [-0.25, -0.2) is 9.18 Å². The highest BCUT2D eigenvalue weighted by atomic mass is 19.1. The van der Waals surface area contributed by atoms with Crippen molar-refractivity contribution >= 4 is 29.0 Å². The van der Waals surface area contributed by atoms with E-state index in [1.807, 2.05) is 17.0 Å². The SMILES string of the molecule is CC1CCN(c2ccc(NC(=O)Nc3cccc(F)c3)cc2C(=O)N2CCCC2)CC1. The lowest BCUT2D eigenvalue weighted by Crippen LogP contribution is -2.35. The number of benzene rings is 2. The summed E-state index contributed by atoms with van der Waals surface area (Å²) in [6.45, 7) is 5.65. The summed E-state index contributed by atoms with van der Waals surface area (Å²) in [7, 11) is 0. The third kappa shape index (κ3) is 5.16. The molecule has 0 aromatic heterocycles. The number of nitrogens with zero attached hydrogens (tertiary/aromatic N) is 2. The maximum atomic E-state index is 13.4. The van der Waals surface area contributed by atoms with Crippen LogP contribution in [0.1, 0.15) is 43.0 Å². The minimum absolute atomic E-state index is 0.0142. The second-order valence-corrected chi connectivity index (χ2v) is 8.49.